The molecule has 1 heterocycles. The summed E-state index contributed by atoms with van der Waals surface area (Å²) in [5.74, 6) is -0.290. The Labute approximate surface area is 134 Å². The number of hydrogen-bond acceptors (Lipinski definition) is 2. The summed E-state index contributed by atoms with van der Waals surface area (Å²) >= 11 is 0. The maximum atomic E-state index is 12.5. The number of aromatic nitrogens is 1. The fourth-order valence-corrected chi connectivity index (χ4v) is 2.72. The van der Waals surface area contributed by atoms with Crippen LogP contribution in [0, 0.1) is 6.92 Å². The Morgan fingerprint density at radius 2 is 1.87 bits per heavy atom. The Kier molecular flexibility index (Phi) is 3.98. The third-order valence-electron chi connectivity index (χ3n) is 3.83. The number of para-hydroxylation sites is 1. The minimum atomic E-state index is -0.178. The third-order valence-corrected chi connectivity index (χ3v) is 3.83. The van der Waals surface area contributed by atoms with Gasteiger partial charge in [0.05, 0.1) is 11.1 Å². The highest BCUT2D eigenvalue weighted by Gasteiger charge is 2.16. The molecular weight excluding hydrogens is 288 g/mol. The molecule has 0 fully saturated rings. The van der Waals surface area contributed by atoms with Crippen LogP contribution in [0.25, 0.3) is 10.9 Å². The normalized spacial score (nSPS) is 10.7. The molecule has 23 heavy (non-hydrogen) atoms. The molecule has 3 aromatic rings. The monoisotopic (exact) mass is 306 g/mol. The number of fused-ring (bicyclic) bond motifs is 1. The van der Waals surface area contributed by atoms with Gasteiger partial charge in [0.25, 0.3) is 5.91 Å². The molecule has 0 spiro atoms. The van der Waals surface area contributed by atoms with Gasteiger partial charge in [-0.15, -0.1) is 0 Å². The first-order valence-corrected chi connectivity index (χ1v) is 7.51. The van der Waals surface area contributed by atoms with Crippen molar-refractivity contribution in [1.29, 1.82) is 0 Å². The van der Waals surface area contributed by atoms with Crippen LogP contribution in [0.2, 0.25) is 0 Å². The van der Waals surface area contributed by atoms with Crippen molar-refractivity contribution in [2.24, 2.45) is 0 Å². The van der Waals surface area contributed by atoms with Gasteiger partial charge in [-0.1, -0.05) is 48.0 Å². The molecule has 0 atom stereocenters. The van der Waals surface area contributed by atoms with Crippen LogP contribution >= 0.6 is 0 Å². The summed E-state index contributed by atoms with van der Waals surface area (Å²) in [5.41, 5.74) is 3.47. The Bertz CT molecular complexity index is 893. The molecule has 4 heteroatoms. The maximum absolute atomic E-state index is 12.5. The fraction of sp³-hybridized carbons (Fsp3) is 0.158. The number of carbonyl (C=O) groups excluding carboxylic acids is 2. The molecular formula is C19H18N2O2. The van der Waals surface area contributed by atoms with Crippen LogP contribution in [0.5, 0.6) is 0 Å². The molecule has 0 aliphatic carbocycles. The standard InChI is InChI=1S/C19H18N2O2/c1-13-6-5-7-15(10-13)11-20-19(23)17-12-21(14(2)22)18-9-4-3-8-16(17)18/h3-10,12H,11H2,1-2H3,(H,20,23). The number of nitrogens with zero attached hydrogens (tertiary/aromatic N) is 1. The molecule has 0 unspecified atom stereocenters. The van der Waals surface area contributed by atoms with E-state index in [1.54, 1.807) is 6.20 Å². The molecule has 0 saturated carbocycles. The van der Waals surface area contributed by atoms with Crippen molar-refractivity contribution in [2.45, 2.75) is 20.4 Å². The molecule has 0 bridgehead atoms. The lowest BCUT2D eigenvalue weighted by Gasteiger charge is -2.05. The van der Waals surface area contributed by atoms with Crippen LogP contribution in [0.1, 0.15) is 33.2 Å². The van der Waals surface area contributed by atoms with Gasteiger partial charge in [0.1, 0.15) is 0 Å². The number of aryl methyl sites for hydroxylation is 1. The minimum absolute atomic E-state index is 0.112. The topological polar surface area (TPSA) is 51.1 Å². The number of carbonyl (C=O) groups is 2. The van der Waals surface area contributed by atoms with Crippen molar-refractivity contribution >= 4 is 22.7 Å². The van der Waals surface area contributed by atoms with E-state index in [-0.39, 0.29) is 11.8 Å². The first-order chi connectivity index (χ1) is 11.1. The van der Waals surface area contributed by atoms with Gasteiger partial charge in [-0.3, -0.25) is 14.2 Å². The Morgan fingerprint density at radius 3 is 2.61 bits per heavy atom. The molecule has 116 valence electrons. The van der Waals surface area contributed by atoms with Crippen LogP contribution in [-0.2, 0) is 6.54 Å². The number of benzene rings is 2. The van der Waals surface area contributed by atoms with Gasteiger partial charge in [0, 0.05) is 25.1 Å². The second kappa shape index (κ2) is 6.08. The maximum Gasteiger partial charge on any atom is 0.253 e. The first-order valence-electron chi connectivity index (χ1n) is 7.51. The van der Waals surface area contributed by atoms with Gasteiger partial charge < -0.3 is 5.32 Å². The summed E-state index contributed by atoms with van der Waals surface area (Å²) in [6.07, 6.45) is 1.61. The molecule has 0 saturated heterocycles. The van der Waals surface area contributed by atoms with Gasteiger partial charge >= 0.3 is 0 Å². The van der Waals surface area contributed by atoms with Crippen molar-refractivity contribution in [3.8, 4) is 0 Å². The van der Waals surface area contributed by atoms with Crippen LogP contribution < -0.4 is 5.32 Å². The number of hydrogen-bond donors (Lipinski definition) is 1. The molecule has 1 amide bonds. The van der Waals surface area contributed by atoms with Crippen LogP contribution in [0.4, 0.5) is 0 Å². The quantitative estimate of drug-likeness (QED) is 0.804. The molecule has 4 nitrogen and oxygen atoms in total. The van der Waals surface area contributed by atoms with Gasteiger partial charge in [-0.05, 0) is 18.6 Å². The molecule has 0 aliphatic rings. The number of rotatable bonds is 3. The highest BCUT2D eigenvalue weighted by Crippen LogP contribution is 2.21. The predicted molar refractivity (Wildman–Crippen MR) is 90.6 cm³/mol. The van der Waals surface area contributed by atoms with Gasteiger partial charge in [-0.25, -0.2) is 0 Å². The van der Waals surface area contributed by atoms with Crippen molar-refractivity contribution in [2.75, 3.05) is 0 Å². The third kappa shape index (κ3) is 3.01. The van der Waals surface area contributed by atoms with E-state index in [1.165, 1.54) is 11.5 Å². The Balaban J connectivity index is 1.88. The van der Waals surface area contributed by atoms with Gasteiger partial charge in [-0.2, -0.15) is 0 Å². The summed E-state index contributed by atoms with van der Waals surface area (Å²) in [4.78, 5) is 24.3. The van der Waals surface area contributed by atoms with Crippen molar-refractivity contribution in [3.05, 3.63) is 71.4 Å². The minimum Gasteiger partial charge on any atom is -0.348 e. The van der Waals surface area contributed by atoms with E-state index in [4.69, 9.17) is 0 Å². The van der Waals surface area contributed by atoms with E-state index in [9.17, 15) is 9.59 Å². The number of nitrogens with one attached hydrogen (secondary N) is 1. The molecule has 0 radical (unpaired) electrons. The van der Waals surface area contributed by atoms with Gasteiger partial charge in [0.15, 0.2) is 0 Å². The SMILES string of the molecule is CC(=O)n1cc(C(=O)NCc2cccc(C)c2)c2ccccc21. The molecule has 3 rings (SSSR count). The zero-order chi connectivity index (χ0) is 16.4. The van der Waals surface area contributed by atoms with E-state index >= 15 is 0 Å². The van der Waals surface area contributed by atoms with Crippen molar-refractivity contribution in [3.63, 3.8) is 0 Å². The molecule has 0 aliphatic heterocycles. The highest BCUT2D eigenvalue weighted by molar-refractivity contribution is 6.09. The summed E-state index contributed by atoms with van der Waals surface area (Å²) in [6, 6.07) is 15.4. The van der Waals surface area contributed by atoms with Crippen molar-refractivity contribution in [1.82, 2.24) is 9.88 Å². The lowest BCUT2D eigenvalue weighted by atomic mass is 10.1. The van der Waals surface area contributed by atoms with Crippen LogP contribution in [0.15, 0.2) is 54.7 Å². The lowest BCUT2D eigenvalue weighted by Crippen LogP contribution is -2.22. The molecule has 2 aromatic carbocycles. The first kappa shape index (κ1) is 15.0. The second-order valence-corrected chi connectivity index (χ2v) is 5.62. The number of amides is 1. The van der Waals surface area contributed by atoms with Crippen LogP contribution in [-0.4, -0.2) is 16.4 Å². The Morgan fingerprint density at radius 1 is 1.09 bits per heavy atom. The predicted octanol–water partition coefficient (Wildman–Crippen LogP) is 3.54. The van der Waals surface area contributed by atoms with Gasteiger partial charge in [0.2, 0.25) is 5.91 Å². The summed E-state index contributed by atoms with van der Waals surface area (Å²) in [5, 5.41) is 3.71. The summed E-state index contributed by atoms with van der Waals surface area (Å²) in [6.45, 7) is 3.97. The van der Waals surface area contributed by atoms with E-state index in [2.05, 4.69) is 5.32 Å². The second-order valence-electron chi connectivity index (χ2n) is 5.62. The highest BCUT2D eigenvalue weighted by atomic mass is 16.2. The Hall–Kier alpha value is -2.88. The smallest absolute Gasteiger partial charge is 0.253 e. The van der Waals surface area contributed by atoms with Crippen LogP contribution in [0.3, 0.4) is 0 Å². The van der Waals surface area contributed by atoms with E-state index in [0.29, 0.717) is 12.1 Å². The van der Waals surface area contributed by atoms with E-state index < -0.39 is 0 Å². The van der Waals surface area contributed by atoms with E-state index in [0.717, 1.165) is 22.0 Å². The average Bonchev–Trinajstić information content (AvgIpc) is 2.93. The summed E-state index contributed by atoms with van der Waals surface area (Å²) in [7, 11) is 0. The largest absolute Gasteiger partial charge is 0.348 e. The molecule has 1 N–H and O–H groups in total. The fourth-order valence-electron chi connectivity index (χ4n) is 2.72. The average molecular weight is 306 g/mol. The van der Waals surface area contributed by atoms with E-state index in [1.807, 2.05) is 55.5 Å². The zero-order valence-electron chi connectivity index (χ0n) is 13.2. The lowest BCUT2D eigenvalue weighted by molar-refractivity contribution is 0.0941. The zero-order valence-corrected chi connectivity index (χ0v) is 13.2. The van der Waals surface area contributed by atoms with Crippen molar-refractivity contribution < 1.29 is 9.59 Å². The summed E-state index contributed by atoms with van der Waals surface area (Å²) < 4.78 is 1.51. The molecule has 1 aromatic heterocycles.